The molecule has 3 aromatic carbocycles. The van der Waals surface area contributed by atoms with E-state index in [4.69, 9.17) is 17.3 Å². The summed E-state index contributed by atoms with van der Waals surface area (Å²) in [5, 5.41) is 2.65. The Balaban J connectivity index is 2.07. The van der Waals surface area contributed by atoms with Crippen LogP contribution >= 0.6 is 11.6 Å². The summed E-state index contributed by atoms with van der Waals surface area (Å²) in [4.78, 5) is 0. The van der Waals surface area contributed by atoms with Crippen LogP contribution in [0.3, 0.4) is 0 Å². The Kier molecular flexibility index (Phi) is 3.66. The Morgan fingerprint density at radius 3 is 2.48 bits per heavy atom. The molecule has 0 bridgehead atoms. The maximum Gasteiger partial charge on any atom is 0.127 e. The van der Waals surface area contributed by atoms with E-state index in [9.17, 15) is 4.39 Å². The number of rotatable bonds is 2. The molecule has 0 fully saturated rings. The lowest BCUT2D eigenvalue weighted by Gasteiger charge is -2.16. The third kappa shape index (κ3) is 2.65. The molecule has 3 aromatic rings. The summed E-state index contributed by atoms with van der Waals surface area (Å²) in [6.45, 7) is 1.71. The first kappa shape index (κ1) is 14.1. The summed E-state index contributed by atoms with van der Waals surface area (Å²) >= 11 is 6.14. The summed E-state index contributed by atoms with van der Waals surface area (Å²) in [5.74, 6) is -0.311. The third-order valence-corrected chi connectivity index (χ3v) is 4.07. The highest BCUT2D eigenvalue weighted by molar-refractivity contribution is 6.31. The molecule has 0 saturated heterocycles. The monoisotopic (exact) mass is 299 g/mol. The third-order valence-electron chi connectivity index (χ3n) is 3.75. The fourth-order valence-corrected chi connectivity index (χ4v) is 2.77. The smallest absolute Gasteiger partial charge is 0.127 e. The van der Waals surface area contributed by atoms with E-state index in [0.717, 1.165) is 21.9 Å². The predicted molar refractivity (Wildman–Crippen MR) is 86.1 cm³/mol. The zero-order chi connectivity index (χ0) is 15.0. The van der Waals surface area contributed by atoms with Crippen molar-refractivity contribution in [2.24, 2.45) is 5.73 Å². The highest BCUT2D eigenvalue weighted by Gasteiger charge is 2.15. The Morgan fingerprint density at radius 1 is 1.00 bits per heavy atom. The average Bonchev–Trinajstić information content (AvgIpc) is 2.50. The van der Waals surface area contributed by atoms with Crippen molar-refractivity contribution in [1.29, 1.82) is 0 Å². The van der Waals surface area contributed by atoms with Crippen LogP contribution in [0.4, 0.5) is 4.39 Å². The molecular weight excluding hydrogens is 285 g/mol. The van der Waals surface area contributed by atoms with Gasteiger partial charge in [-0.3, -0.25) is 0 Å². The van der Waals surface area contributed by atoms with Crippen molar-refractivity contribution in [1.82, 2.24) is 0 Å². The SMILES string of the molecule is Cc1cc(C(N)c2ccc3ccccc3c2)c(Cl)cc1F. The summed E-state index contributed by atoms with van der Waals surface area (Å²) in [7, 11) is 0. The molecule has 1 unspecified atom stereocenters. The molecule has 1 atom stereocenters. The van der Waals surface area contributed by atoms with E-state index >= 15 is 0 Å². The topological polar surface area (TPSA) is 26.0 Å². The molecule has 0 amide bonds. The van der Waals surface area contributed by atoms with Gasteiger partial charge in [0.1, 0.15) is 5.82 Å². The zero-order valence-corrected chi connectivity index (χ0v) is 12.4. The number of fused-ring (bicyclic) bond motifs is 1. The van der Waals surface area contributed by atoms with Crippen LogP contribution in [0.1, 0.15) is 22.7 Å². The number of halogens is 2. The molecule has 1 nitrogen and oxygen atoms in total. The van der Waals surface area contributed by atoms with Crippen molar-refractivity contribution in [3.8, 4) is 0 Å². The van der Waals surface area contributed by atoms with Crippen molar-refractivity contribution >= 4 is 22.4 Å². The van der Waals surface area contributed by atoms with Gasteiger partial charge in [-0.25, -0.2) is 4.39 Å². The van der Waals surface area contributed by atoms with Crippen LogP contribution in [0.15, 0.2) is 54.6 Å². The summed E-state index contributed by atoms with van der Waals surface area (Å²) in [6, 6.07) is 16.8. The van der Waals surface area contributed by atoms with Crippen molar-refractivity contribution in [2.75, 3.05) is 0 Å². The molecular formula is C18H15ClFN. The van der Waals surface area contributed by atoms with E-state index in [2.05, 4.69) is 12.1 Å². The number of hydrogen-bond donors (Lipinski definition) is 1. The van der Waals surface area contributed by atoms with Crippen molar-refractivity contribution in [3.05, 3.63) is 82.1 Å². The van der Waals surface area contributed by atoms with Gasteiger partial charge in [0.05, 0.1) is 6.04 Å². The van der Waals surface area contributed by atoms with Gasteiger partial charge in [0.2, 0.25) is 0 Å². The van der Waals surface area contributed by atoms with Crippen LogP contribution in [-0.4, -0.2) is 0 Å². The van der Waals surface area contributed by atoms with Gasteiger partial charge in [0.25, 0.3) is 0 Å². The minimum atomic E-state index is -0.374. The van der Waals surface area contributed by atoms with Gasteiger partial charge >= 0.3 is 0 Å². The summed E-state index contributed by atoms with van der Waals surface area (Å²) in [6.07, 6.45) is 0. The van der Waals surface area contributed by atoms with Gasteiger partial charge in [-0.15, -0.1) is 0 Å². The molecule has 0 aliphatic carbocycles. The molecule has 0 radical (unpaired) electrons. The molecule has 2 N–H and O–H groups in total. The number of benzene rings is 3. The minimum Gasteiger partial charge on any atom is -0.320 e. The second kappa shape index (κ2) is 5.47. The Morgan fingerprint density at radius 2 is 1.71 bits per heavy atom. The second-order valence-corrected chi connectivity index (χ2v) is 5.61. The van der Waals surface area contributed by atoms with Crippen molar-refractivity contribution in [3.63, 3.8) is 0 Å². The zero-order valence-electron chi connectivity index (χ0n) is 11.6. The van der Waals surface area contributed by atoms with E-state index < -0.39 is 0 Å². The lowest BCUT2D eigenvalue weighted by Crippen LogP contribution is -2.13. The fourth-order valence-electron chi connectivity index (χ4n) is 2.50. The number of hydrogen-bond acceptors (Lipinski definition) is 1. The van der Waals surface area contributed by atoms with Crippen LogP contribution in [0.25, 0.3) is 10.8 Å². The summed E-state index contributed by atoms with van der Waals surface area (Å²) in [5.41, 5.74) is 8.57. The lowest BCUT2D eigenvalue weighted by molar-refractivity contribution is 0.617. The van der Waals surface area contributed by atoms with Crippen LogP contribution in [0.5, 0.6) is 0 Å². The average molecular weight is 300 g/mol. The van der Waals surface area contributed by atoms with Gasteiger partial charge in [-0.2, -0.15) is 0 Å². The fraction of sp³-hybridized carbons (Fsp3) is 0.111. The molecule has 0 spiro atoms. The van der Waals surface area contributed by atoms with Gasteiger partial charge in [-0.1, -0.05) is 48.0 Å². The van der Waals surface area contributed by atoms with Crippen molar-refractivity contribution in [2.45, 2.75) is 13.0 Å². The van der Waals surface area contributed by atoms with E-state index in [1.807, 2.05) is 30.3 Å². The maximum atomic E-state index is 13.5. The normalized spacial score (nSPS) is 12.6. The largest absolute Gasteiger partial charge is 0.320 e. The minimum absolute atomic E-state index is 0.311. The van der Waals surface area contributed by atoms with E-state index in [-0.39, 0.29) is 11.9 Å². The Labute approximate surface area is 128 Å². The lowest BCUT2D eigenvalue weighted by atomic mass is 9.96. The van der Waals surface area contributed by atoms with Crippen LogP contribution in [0, 0.1) is 12.7 Å². The number of aryl methyl sites for hydroxylation is 1. The standard InChI is InChI=1S/C18H15ClFN/c1-11-8-15(16(19)10-17(11)20)18(21)14-7-6-12-4-2-3-5-13(12)9-14/h2-10,18H,21H2,1H3. The van der Waals surface area contributed by atoms with Gasteiger partial charge in [0.15, 0.2) is 0 Å². The molecule has 0 aromatic heterocycles. The highest BCUT2D eigenvalue weighted by Crippen LogP contribution is 2.30. The van der Waals surface area contributed by atoms with E-state index in [1.54, 1.807) is 13.0 Å². The Hall–Kier alpha value is -1.90. The molecule has 3 rings (SSSR count). The van der Waals surface area contributed by atoms with Gasteiger partial charge in [0, 0.05) is 5.02 Å². The van der Waals surface area contributed by atoms with Crippen molar-refractivity contribution < 1.29 is 4.39 Å². The van der Waals surface area contributed by atoms with Gasteiger partial charge in [-0.05, 0) is 52.6 Å². The molecule has 21 heavy (non-hydrogen) atoms. The first-order chi connectivity index (χ1) is 10.1. The molecule has 0 saturated carbocycles. The summed E-state index contributed by atoms with van der Waals surface area (Å²) < 4.78 is 13.5. The maximum absolute atomic E-state index is 13.5. The van der Waals surface area contributed by atoms with E-state index in [0.29, 0.717) is 10.6 Å². The molecule has 106 valence electrons. The van der Waals surface area contributed by atoms with Crippen LogP contribution < -0.4 is 5.73 Å². The quantitative estimate of drug-likeness (QED) is 0.709. The first-order valence-electron chi connectivity index (χ1n) is 6.76. The van der Waals surface area contributed by atoms with Crippen LogP contribution in [0.2, 0.25) is 5.02 Å². The Bertz CT molecular complexity index is 813. The molecule has 0 aliphatic heterocycles. The van der Waals surface area contributed by atoms with Gasteiger partial charge < -0.3 is 5.73 Å². The highest BCUT2D eigenvalue weighted by atomic mass is 35.5. The van der Waals surface area contributed by atoms with E-state index in [1.165, 1.54) is 6.07 Å². The number of nitrogens with two attached hydrogens (primary N) is 1. The molecule has 0 heterocycles. The molecule has 0 aliphatic rings. The predicted octanol–water partition coefficient (Wildman–Crippen LogP) is 4.99. The first-order valence-corrected chi connectivity index (χ1v) is 7.14. The second-order valence-electron chi connectivity index (χ2n) is 5.21. The molecule has 3 heteroatoms. The van der Waals surface area contributed by atoms with Crippen LogP contribution in [-0.2, 0) is 0 Å².